The number of hydrogen-bond donors (Lipinski definition) is 2. The zero-order valence-corrected chi connectivity index (χ0v) is 9.33. The van der Waals surface area contributed by atoms with Crippen LogP contribution in [0.3, 0.4) is 0 Å². The van der Waals surface area contributed by atoms with Crippen molar-refractivity contribution in [2.75, 3.05) is 33.9 Å². The first-order valence-electron chi connectivity index (χ1n) is 5.42. The molecule has 0 aliphatic carbocycles. The van der Waals surface area contributed by atoms with Gasteiger partial charge in [-0.05, 0) is 45.8 Å². The highest BCUT2D eigenvalue weighted by molar-refractivity contribution is 4.77. The molecule has 0 saturated carbocycles. The second-order valence-corrected chi connectivity index (χ2v) is 4.34. The molecule has 0 aromatic heterocycles. The number of hydrazine groups is 1. The van der Waals surface area contributed by atoms with Gasteiger partial charge in [-0.3, -0.25) is 11.3 Å². The lowest BCUT2D eigenvalue weighted by atomic mass is 9.92. The van der Waals surface area contributed by atoms with Crippen molar-refractivity contribution in [2.24, 2.45) is 11.8 Å². The van der Waals surface area contributed by atoms with Crippen LogP contribution in [0.2, 0.25) is 0 Å². The first-order chi connectivity index (χ1) is 6.74. The van der Waals surface area contributed by atoms with Gasteiger partial charge in [0.15, 0.2) is 0 Å². The molecule has 0 amide bonds. The molecule has 0 spiro atoms. The molecule has 1 fully saturated rings. The third-order valence-electron chi connectivity index (χ3n) is 2.87. The SMILES string of the molecule is CN(C)CCC(NN)C1CCCOC1. The normalized spacial score (nSPS) is 25.3. The number of rotatable bonds is 5. The molecule has 4 nitrogen and oxygen atoms in total. The molecule has 3 N–H and O–H groups in total. The van der Waals surface area contributed by atoms with Gasteiger partial charge in [0.25, 0.3) is 0 Å². The first kappa shape index (κ1) is 11.9. The van der Waals surface area contributed by atoms with Crippen LogP contribution in [0.15, 0.2) is 0 Å². The van der Waals surface area contributed by atoms with E-state index in [-0.39, 0.29) is 0 Å². The average molecular weight is 201 g/mol. The van der Waals surface area contributed by atoms with E-state index >= 15 is 0 Å². The summed E-state index contributed by atoms with van der Waals surface area (Å²) in [5.74, 6) is 6.16. The van der Waals surface area contributed by atoms with E-state index in [1.165, 1.54) is 12.8 Å². The van der Waals surface area contributed by atoms with Gasteiger partial charge in [-0.25, -0.2) is 0 Å². The monoisotopic (exact) mass is 201 g/mol. The molecule has 1 saturated heterocycles. The van der Waals surface area contributed by atoms with E-state index in [0.717, 1.165) is 26.2 Å². The molecular formula is C10H23N3O. The topological polar surface area (TPSA) is 50.5 Å². The Kier molecular flexibility index (Phi) is 5.40. The van der Waals surface area contributed by atoms with Gasteiger partial charge in [-0.1, -0.05) is 0 Å². The molecule has 1 aliphatic heterocycles. The van der Waals surface area contributed by atoms with Gasteiger partial charge in [0.05, 0.1) is 6.61 Å². The quantitative estimate of drug-likeness (QED) is 0.493. The highest BCUT2D eigenvalue weighted by Gasteiger charge is 2.22. The molecular weight excluding hydrogens is 178 g/mol. The van der Waals surface area contributed by atoms with Crippen LogP contribution in [-0.4, -0.2) is 44.8 Å². The molecule has 4 heteroatoms. The molecule has 0 bridgehead atoms. The van der Waals surface area contributed by atoms with Crippen molar-refractivity contribution in [1.82, 2.24) is 10.3 Å². The van der Waals surface area contributed by atoms with Crippen LogP contribution in [0.1, 0.15) is 19.3 Å². The Morgan fingerprint density at radius 3 is 2.86 bits per heavy atom. The van der Waals surface area contributed by atoms with Gasteiger partial charge >= 0.3 is 0 Å². The summed E-state index contributed by atoms with van der Waals surface area (Å²) in [5.41, 5.74) is 2.92. The van der Waals surface area contributed by atoms with Gasteiger partial charge in [0.2, 0.25) is 0 Å². The third-order valence-corrected chi connectivity index (χ3v) is 2.87. The maximum absolute atomic E-state index is 5.57. The van der Waals surface area contributed by atoms with E-state index in [2.05, 4.69) is 24.4 Å². The second kappa shape index (κ2) is 6.35. The minimum atomic E-state index is 0.401. The van der Waals surface area contributed by atoms with E-state index in [9.17, 15) is 0 Å². The molecule has 1 aliphatic rings. The van der Waals surface area contributed by atoms with Crippen molar-refractivity contribution >= 4 is 0 Å². The lowest BCUT2D eigenvalue weighted by molar-refractivity contribution is 0.0369. The minimum Gasteiger partial charge on any atom is -0.381 e. The Balaban J connectivity index is 2.28. The Labute approximate surface area is 86.8 Å². The maximum Gasteiger partial charge on any atom is 0.0509 e. The number of nitrogens with zero attached hydrogens (tertiary/aromatic N) is 1. The largest absolute Gasteiger partial charge is 0.381 e. The van der Waals surface area contributed by atoms with E-state index in [4.69, 9.17) is 10.6 Å². The maximum atomic E-state index is 5.57. The minimum absolute atomic E-state index is 0.401. The predicted octanol–water partition coefficient (Wildman–Crippen LogP) is 0.197. The molecule has 2 unspecified atom stereocenters. The number of nitrogens with one attached hydrogen (secondary N) is 1. The van der Waals surface area contributed by atoms with Crippen LogP contribution >= 0.6 is 0 Å². The summed E-state index contributed by atoms with van der Waals surface area (Å²) in [4.78, 5) is 2.19. The van der Waals surface area contributed by atoms with Crippen molar-refractivity contribution in [1.29, 1.82) is 0 Å². The fraction of sp³-hybridized carbons (Fsp3) is 1.00. The first-order valence-corrected chi connectivity index (χ1v) is 5.42. The highest BCUT2D eigenvalue weighted by atomic mass is 16.5. The summed E-state index contributed by atoms with van der Waals surface area (Å²) in [7, 11) is 4.18. The van der Waals surface area contributed by atoms with Crippen LogP contribution in [0.25, 0.3) is 0 Å². The van der Waals surface area contributed by atoms with E-state index < -0.39 is 0 Å². The van der Waals surface area contributed by atoms with Gasteiger partial charge in [-0.15, -0.1) is 0 Å². The smallest absolute Gasteiger partial charge is 0.0509 e. The Hall–Kier alpha value is -0.160. The summed E-state index contributed by atoms with van der Waals surface area (Å²) in [6.07, 6.45) is 3.50. The summed E-state index contributed by atoms with van der Waals surface area (Å²) >= 11 is 0. The van der Waals surface area contributed by atoms with Crippen LogP contribution in [0.5, 0.6) is 0 Å². The van der Waals surface area contributed by atoms with Gasteiger partial charge in [0, 0.05) is 12.6 Å². The standard InChI is InChI=1S/C10H23N3O/c1-13(2)6-5-10(12-11)9-4-3-7-14-8-9/h9-10,12H,3-8,11H2,1-2H3. The molecule has 0 aromatic carbocycles. The highest BCUT2D eigenvalue weighted by Crippen LogP contribution is 2.19. The molecule has 84 valence electrons. The number of ether oxygens (including phenoxy) is 1. The fourth-order valence-electron chi connectivity index (χ4n) is 1.94. The van der Waals surface area contributed by atoms with E-state index in [1.54, 1.807) is 0 Å². The van der Waals surface area contributed by atoms with Crippen LogP contribution in [-0.2, 0) is 4.74 Å². The molecule has 0 aromatic rings. The molecule has 2 atom stereocenters. The molecule has 0 radical (unpaired) electrons. The fourth-order valence-corrected chi connectivity index (χ4v) is 1.94. The molecule has 1 heterocycles. The summed E-state index contributed by atoms with van der Waals surface area (Å²) in [6.45, 7) is 2.86. The van der Waals surface area contributed by atoms with Crippen molar-refractivity contribution in [3.63, 3.8) is 0 Å². The van der Waals surface area contributed by atoms with Gasteiger partial charge in [-0.2, -0.15) is 0 Å². The second-order valence-electron chi connectivity index (χ2n) is 4.34. The third kappa shape index (κ3) is 3.92. The van der Waals surface area contributed by atoms with Crippen molar-refractivity contribution < 1.29 is 4.74 Å². The van der Waals surface area contributed by atoms with Crippen LogP contribution < -0.4 is 11.3 Å². The van der Waals surface area contributed by atoms with Crippen LogP contribution in [0.4, 0.5) is 0 Å². The zero-order valence-electron chi connectivity index (χ0n) is 9.33. The number of hydrogen-bond acceptors (Lipinski definition) is 4. The lowest BCUT2D eigenvalue weighted by Crippen LogP contribution is -2.45. The average Bonchev–Trinajstić information content (AvgIpc) is 2.20. The summed E-state index contributed by atoms with van der Waals surface area (Å²) in [6, 6.07) is 0.401. The van der Waals surface area contributed by atoms with Crippen molar-refractivity contribution in [3.05, 3.63) is 0 Å². The number of nitrogens with two attached hydrogens (primary N) is 1. The van der Waals surface area contributed by atoms with Gasteiger partial charge in [0.1, 0.15) is 0 Å². The van der Waals surface area contributed by atoms with E-state index in [1.807, 2.05) is 0 Å². The lowest BCUT2D eigenvalue weighted by Gasteiger charge is -2.30. The zero-order chi connectivity index (χ0) is 10.4. The van der Waals surface area contributed by atoms with Crippen molar-refractivity contribution in [3.8, 4) is 0 Å². The van der Waals surface area contributed by atoms with Crippen LogP contribution in [0, 0.1) is 5.92 Å². The van der Waals surface area contributed by atoms with E-state index in [0.29, 0.717) is 12.0 Å². The Bertz CT molecular complexity index is 146. The molecule has 1 rings (SSSR count). The predicted molar refractivity (Wildman–Crippen MR) is 57.8 cm³/mol. The van der Waals surface area contributed by atoms with Crippen molar-refractivity contribution in [2.45, 2.75) is 25.3 Å². The summed E-state index contributed by atoms with van der Waals surface area (Å²) in [5, 5.41) is 0. The Morgan fingerprint density at radius 2 is 2.36 bits per heavy atom. The van der Waals surface area contributed by atoms with Gasteiger partial charge < -0.3 is 9.64 Å². The summed E-state index contributed by atoms with van der Waals surface area (Å²) < 4.78 is 5.46. The Morgan fingerprint density at radius 1 is 1.57 bits per heavy atom. The molecule has 14 heavy (non-hydrogen) atoms.